The van der Waals surface area contributed by atoms with E-state index in [0.717, 1.165) is 5.56 Å². The average molecular weight is 325 g/mol. The van der Waals surface area contributed by atoms with Crippen LogP contribution in [0.25, 0.3) is 0 Å². The van der Waals surface area contributed by atoms with Gasteiger partial charge in [-0.25, -0.2) is 0 Å². The molecule has 1 amide bonds. The minimum Gasteiger partial charge on any atom is -0.367 e. The molecule has 1 aliphatic rings. The summed E-state index contributed by atoms with van der Waals surface area (Å²) in [4.78, 5) is 13.7. The van der Waals surface area contributed by atoms with Crippen molar-refractivity contribution in [2.75, 3.05) is 19.7 Å². The van der Waals surface area contributed by atoms with Crippen molar-refractivity contribution in [2.45, 2.75) is 25.5 Å². The number of aryl methyl sites for hydroxylation is 1. The quantitative estimate of drug-likeness (QED) is 0.868. The molecule has 2 heterocycles. The molecule has 1 aromatic heterocycles. The van der Waals surface area contributed by atoms with Crippen molar-refractivity contribution in [3.8, 4) is 0 Å². The number of aromatic nitrogens is 2. The zero-order valence-corrected chi connectivity index (χ0v) is 13.5. The number of halogens is 2. The first kappa shape index (κ1) is 19.2. The highest BCUT2D eigenvalue weighted by Gasteiger charge is 2.37. The molecule has 8 heteroatoms. The maximum Gasteiger partial charge on any atom is 0.239 e. The van der Waals surface area contributed by atoms with Gasteiger partial charge in [0.05, 0.1) is 25.4 Å². The summed E-state index contributed by atoms with van der Waals surface area (Å²) in [6.45, 7) is 5.31. The van der Waals surface area contributed by atoms with Gasteiger partial charge in [0.25, 0.3) is 0 Å². The molecule has 2 atom stereocenters. The largest absolute Gasteiger partial charge is 0.367 e. The van der Waals surface area contributed by atoms with Crippen molar-refractivity contribution in [3.05, 3.63) is 18.0 Å². The predicted molar refractivity (Wildman–Crippen MR) is 81.2 cm³/mol. The monoisotopic (exact) mass is 324 g/mol. The van der Waals surface area contributed by atoms with Gasteiger partial charge < -0.3 is 15.4 Å². The molecular formula is C12H22Cl2N4O2. The maximum atomic E-state index is 11.9. The molecule has 1 aliphatic heterocycles. The highest BCUT2D eigenvalue weighted by atomic mass is 35.5. The molecule has 2 rings (SSSR count). The highest BCUT2D eigenvalue weighted by Crippen LogP contribution is 2.29. The molecule has 0 aliphatic carbocycles. The number of rotatable bonds is 2. The van der Waals surface area contributed by atoms with E-state index in [4.69, 9.17) is 10.5 Å². The molecule has 0 saturated carbocycles. The number of carbonyl (C=O) groups is 1. The molecule has 20 heavy (non-hydrogen) atoms. The third kappa shape index (κ3) is 3.85. The van der Waals surface area contributed by atoms with Crippen molar-refractivity contribution in [1.82, 2.24) is 14.7 Å². The number of amides is 1. The van der Waals surface area contributed by atoms with Crippen molar-refractivity contribution in [1.29, 1.82) is 0 Å². The Bertz CT molecular complexity index is 452. The van der Waals surface area contributed by atoms with Crippen LogP contribution in [0, 0.1) is 0 Å². The van der Waals surface area contributed by atoms with Gasteiger partial charge in [-0.05, 0) is 13.8 Å². The van der Waals surface area contributed by atoms with Crippen LogP contribution in [0.5, 0.6) is 0 Å². The topological polar surface area (TPSA) is 73.4 Å². The molecular weight excluding hydrogens is 303 g/mol. The number of carbonyl (C=O) groups excluding carboxylic acids is 1. The lowest BCUT2D eigenvalue weighted by Crippen LogP contribution is -2.53. The summed E-state index contributed by atoms with van der Waals surface area (Å²) in [6.07, 6.45) is 3.69. The maximum absolute atomic E-state index is 11.9. The van der Waals surface area contributed by atoms with Crippen molar-refractivity contribution < 1.29 is 9.53 Å². The molecule has 1 aromatic rings. The van der Waals surface area contributed by atoms with Crippen molar-refractivity contribution in [3.63, 3.8) is 0 Å². The smallest absolute Gasteiger partial charge is 0.239 e. The Hall–Kier alpha value is -0.820. The Kier molecular flexibility index (Phi) is 6.97. The Balaban J connectivity index is 0.00000180. The first-order chi connectivity index (χ1) is 8.42. The number of morpholine rings is 1. The van der Waals surface area contributed by atoms with E-state index in [2.05, 4.69) is 5.10 Å². The van der Waals surface area contributed by atoms with E-state index in [-0.39, 0.29) is 30.7 Å². The van der Waals surface area contributed by atoms with Crippen LogP contribution in [0.3, 0.4) is 0 Å². The fraction of sp³-hybridized carbons (Fsp3) is 0.667. The van der Waals surface area contributed by atoms with Crippen LogP contribution in [0.4, 0.5) is 0 Å². The van der Waals surface area contributed by atoms with Gasteiger partial charge in [0.1, 0.15) is 5.60 Å². The first-order valence-electron chi connectivity index (χ1n) is 6.10. The van der Waals surface area contributed by atoms with Gasteiger partial charge in [0.2, 0.25) is 5.91 Å². The Morgan fingerprint density at radius 3 is 2.70 bits per heavy atom. The van der Waals surface area contributed by atoms with E-state index < -0.39 is 11.6 Å². The average Bonchev–Trinajstić information content (AvgIpc) is 2.75. The van der Waals surface area contributed by atoms with E-state index in [1.54, 1.807) is 22.7 Å². The second kappa shape index (κ2) is 7.26. The number of ether oxygens (including phenoxy) is 1. The van der Waals surface area contributed by atoms with Gasteiger partial charge in [0.15, 0.2) is 0 Å². The lowest BCUT2D eigenvalue weighted by Gasteiger charge is -2.40. The Morgan fingerprint density at radius 2 is 2.20 bits per heavy atom. The van der Waals surface area contributed by atoms with Crippen LogP contribution in [0.1, 0.15) is 19.4 Å². The van der Waals surface area contributed by atoms with Crippen molar-refractivity contribution >= 4 is 30.7 Å². The second-order valence-corrected chi connectivity index (χ2v) is 5.03. The number of hydrogen-bond acceptors (Lipinski definition) is 4. The van der Waals surface area contributed by atoms with Gasteiger partial charge in [-0.1, -0.05) is 0 Å². The lowest BCUT2D eigenvalue weighted by atomic mass is 9.96. The van der Waals surface area contributed by atoms with E-state index in [0.29, 0.717) is 19.7 Å². The molecule has 6 nitrogen and oxygen atoms in total. The summed E-state index contributed by atoms with van der Waals surface area (Å²) in [5, 5.41) is 4.15. The SMILES string of the molecule is C[C@@H](N)C(=O)N1CCOC(C)(c2cnn(C)c2)C1.Cl.Cl. The van der Waals surface area contributed by atoms with Gasteiger partial charge in [-0.15, -0.1) is 24.8 Å². The zero-order valence-electron chi connectivity index (χ0n) is 11.9. The summed E-state index contributed by atoms with van der Waals surface area (Å²) in [5.74, 6) is -0.0339. The summed E-state index contributed by atoms with van der Waals surface area (Å²) in [7, 11) is 1.86. The summed E-state index contributed by atoms with van der Waals surface area (Å²) in [6, 6.07) is -0.471. The minimum atomic E-state index is -0.503. The van der Waals surface area contributed by atoms with Gasteiger partial charge >= 0.3 is 0 Å². The number of nitrogens with two attached hydrogens (primary N) is 1. The fourth-order valence-corrected chi connectivity index (χ4v) is 2.22. The molecule has 2 N–H and O–H groups in total. The van der Waals surface area contributed by atoms with Crippen LogP contribution in [0.2, 0.25) is 0 Å². The molecule has 1 saturated heterocycles. The van der Waals surface area contributed by atoms with E-state index >= 15 is 0 Å². The van der Waals surface area contributed by atoms with Crippen LogP contribution in [-0.4, -0.2) is 46.3 Å². The molecule has 1 unspecified atom stereocenters. The normalized spacial score (nSPS) is 23.5. The lowest BCUT2D eigenvalue weighted by molar-refractivity contribution is -0.150. The Morgan fingerprint density at radius 1 is 1.55 bits per heavy atom. The molecule has 1 fully saturated rings. The van der Waals surface area contributed by atoms with E-state index in [1.807, 2.05) is 20.2 Å². The third-order valence-electron chi connectivity index (χ3n) is 3.29. The van der Waals surface area contributed by atoms with E-state index in [9.17, 15) is 4.79 Å². The van der Waals surface area contributed by atoms with Crippen LogP contribution >= 0.6 is 24.8 Å². The van der Waals surface area contributed by atoms with Crippen LogP contribution < -0.4 is 5.73 Å². The van der Waals surface area contributed by atoms with Crippen LogP contribution in [0.15, 0.2) is 12.4 Å². The number of nitrogens with zero attached hydrogens (tertiary/aromatic N) is 3. The standard InChI is InChI=1S/C12H20N4O2.2ClH/c1-9(13)11(17)16-4-5-18-12(2,8-16)10-6-14-15(3)7-10;;/h6-7,9H,4-5,8,13H2,1-3H3;2*1H/t9-,12?;;/m1../s1. The highest BCUT2D eigenvalue weighted by molar-refractivity contribution is 5.85. The molecule has 0 aromatic carbocycles. The van der Waals surface area contributed by atoms with Gasteiger partial charge in [-0.2, -0.15) is 5.10 Å². The fourth-order valence-electron chi connectivity index (χ4n) is 2.22. The third-order valence-corrected chi connectivity index (χ3v) is 3.29. The van der Waals surface area contributed by atoms with Gasteiger partial charge in [0, 0.05) is 25.4 Å². The van der Waals surface area contributed by atoms with Gasteiger partial charge in [-0.3, -0.25) is 9.48 Å². The van der Waals surface area contributed by atoms with Crippen molar-refractivity contribution in [2.24, 2.45) is 12.8 Å². The molecule has 116 valence electrons. The number of hydrogen-bond donors (Lipinski definition) is 1. The molecule has 0 radical (unpaired) electrons. The minimum absolute atomic E-state index is 0. The molecule has 0 spiro atoms. The molecule has 0 bridgehead atoms. The van der Waals surface area contributed by atoms with Crippen LogP contribution in [-0.2, 0) is 22.2 Å². The zero-order chi connectivity index (χ0) is 13.3. The van der Waals surface area contributed by atoms with E-state index in [1.165, 1.54) is 0 Å². The predicted octanol–water partition coefficient (Wildman–Crippen LogP) is 0.685. The summed E-state index contributed by atoms with van der Waals surface area (Å²) >= 11 is 0. The summed E-state index contributed by atoms with van der Waals surface area (Å²) < 4.78 is 7.57. The first-order valence-corrected chi connectivity index (χ1v) is 6.10. The second-order valence-electron chi connectivity index (χ2n) is 5.03. The Labute approximate surface area is 131 Å². The summed E-state index contributed by atoms with van der Waals surface area (Å²) in [5.41, 5.74) is 6.13.